The van der Waals surface area contributed by atoms with Crippen LogP contribution >= 0.6 is 0 Å². The van der Waals surface area contributed by atoms with Gasteiger partial charge in [0.25, 0.3) is 0 Å². The number of hydrogen-bond donors (Lipinski definition) is 6. The van der Waals surface area contributed by atoms with Crippen LogP contribution in [0.15, 0.2) is 60.7 Å². The minimum absolute atomic E-state index is 0.138. The molecule has 3 rings (SSSR count). The van der Waals surface area contributed by atoms with E-state index in [-0.39, 0.29) is 11.1 Å². The van der Waals surface area contributed by atoms with E-state index in [1.807, 2.05) is 0 Å². The Hall–Kier alpha value is -2.46. The van der Waals surface area contributed by atoms with Crippen molar-refractivity contribution in [2.24, 2.45) is 0 Å². The summed E-state index contributed by atoms with van der Waals surface area (Å²) in [5.41, 5.74) is -6.58. The minimum atomic E-state index is -3.15. The van der Waals surface area contributed by atoms with Gasteiger partial charge in [-0.15, -0.1) is 0 Å². The fraction of sp³-hybridized carbons (Fsp3) is 0.300. The molecule has 6 atom stereocenters. The lowest BCUT2D eigenvalue weighted by Crippen LogP contribution is -2.80. The van der Waals surface area contributed by atoms with E-state index in [0.29, 0.717) is 0 Å². The molecule has 1 fully saturated rings. The fourth-order valence-corrected chi connectivity index (χ4v) is 3.51. The lowest BCUT2D eigenvalue weighted by molar-refractivity contribution is -0.271. The maximum absolute atomic E-state index is 12.9. The molecule has 0 heterocycles. The average molecular weight is 388 g/mol. The van der Waals surface area contributed by atoms with Crippen molar-refractivity contribution in [1.82, 2.24) is 0 Å². The number of ketones is 2. The van der Waals surface area contributed by atoms with E-state index in [4.69, 9.17) is 0 Å². The van der Waals surface area contributed by atoms with E-state index >= 15 is 0 Å². The molecule has 148 valence electrons. The van der Waals surface area contributed by atoms with Gasteiger partial charge in [0, 0.05) is 11.1 Å². The van der Waals surface area contributed by atoms with Crippen LogP contribution in [0.1, 0.15) is 20.7 Å². The molecule has 0 aliphatic heterocycles. The SMILES string of the molecule is O=C(c1ccccc1)[C@]1(O)[C@@H](O)[C@@](O)(C(=O)c2ccccc2)[C@@H](O)[C@H](O)[C@H]1O. The van der Waals surface area contributed by atoms with Crippen molar-refractivity contribution in [3.63, 3.8) is 0 Å². The molecule has 8 nitrogen and oxygen atoms in total. The molecule has 2 aromatic rings. The second-order valence-corrected chi connectivity index (χ2v) is 6.82. The molecule has 0 spiro atoms. The van der Waals surface area contributed by atoms with Crippen LogP contribution < -0.4 is 0 Å². The van der Waals surface area contributed by atoms with E-state index < -0.39 is 47.2 Å². The Bertz CT molecular complexity index is 799. The molecule has 6 N–H and O–H groups in total. The highest BCUT2D eigenvalue weighted by Crippen LogP contribution is 2.40. The van der Waals surface area contributed by atoms with Gasteiger partial charge in [0.1, 0.15) is 24.4 Å². The largest absolute Gasteiger partial charge is 0.387 e. The molecule has 0 aromatic heterocycles. The molecule has 0 unspecified atom stereocenters. The molecule has 28 heavy (non-hydrogen) atoms. The van der Waals surface area contributed by atoms with Gasteiger partial charge in [-0.3, -0.25) is 9.59 Å². The van der Waals surface area contributed by atoms with Crippen molar-refractivity contribution in [3.8, 4) is 0 Å². The molecular formula is C20H20O8. The van der Waals surface area contributed by atoms with Gasteiger partial charge in [0.15, 0.2) is 22.8 Å². The molecule has 0 bridgehead atoms. The Morgan fingerprint density at radius 3 is 1.29 bits per heavy atom. The highest BCUT2D eigenvalue weighted by molar-refractivity contribution is 6.07. The second-order valence-electron chi connectivity index (χ2n) is 6.82. The smallest absolute Gasteiger partial charge is 0.199 e. The third-order valence-corrected chi connectivity index (χ3v) is 5.18. The van der Waals surface area contributed by atoms with Crippen LogP contribution in [0, 0.1) is 0 Å². The molecule has 1 saturated carbocycles. The second kappa shape index (κ2) is 7.17. The van der Waals surface area contributed by atoms with Gasteiger partial charge in [-0.05, 0) is 0 Å². The highest BCUT2D eigenvalue weighted by atomic mass is 16.4. The molecule has 1 aliphatic rings. The van der Waals surface area contributed by atoms with Crippen LogP contribution in [-0.2, 0) is 0 Å². The lowest BCUT2D eigenvalue weighted by Gasteiger charge is -2.51. The summed E-state index contributed by atoms with van der Waals surface area (Å²) in [6, 6.07) is 14.2. The van der Waals surface area contributed by atoms with Crippen molar-refractivity contribution in [3.05, 3.63) is 71.8 Å². The van der Waals surface area contributed by atoms with Crippen LogP contribution in [0.4, 0.5) is 0 Å². The molecule has 0 radical (unpaired) electrons. The zero-order chi connectivity index (χ0) is 20.7. The Morgan fingerprint density at radius 1 is 0.643 bits per heavy atom. The van der Waals surface area contributed by atoms with E-state index in [1.54, 1.807) is 12.1 Å². The number of aliphatic hydroxyl groups is 6. The maximum atomic E-state index is 12.9. The van der Waals surface area contributed by atoms with Gasteiger partial charge < -0.3 is 30.6 Å². The Labute approximate surface area is 159 Å². The van der Waals surface area contributed by atoms with Crippen LogP contribution in [-0.4, -0.2) is 77.8 Å². The molecule has 8 heteroatoms. The minimum Gasteiger partial charge on any atom is -0.387 e. The Morgan fingerprint density at radius 2 is 0.964 bits per heavy atom. The first-order chi connectivity index (χ1) is 13.2. The Kier molecular flexibility index (Phi) is 5.20. The van der Waals surface area contributed by atoms with Gasteiger partial charge in [-0.2, -0.15) is 0 Å². The van der Waals surface area contributed by atoms with Crippen molar-refractivity contribution in [2.45, 2.75) is 35.6 Å². The van der Waals surface area contributed by atoms with Crippen LogP contribution in [0.2, 0.25) is 0 Å². The zero-order valence-corrected chi connectivity index (χ0v) is 14.6. The van der Waals surface area contributed by atoms with Crippen LogP contribution in [0.25, 0.3) is 0 Å². The predicted octanol–water partition coefficient (Wildman–Crippen LogP) is -1.33. The van der Waals surface area contributed by atoms with E-state index in [0.717, 1.165) is 0 Å². The summed E-state index contributed by atoms with van der Waals surface area (Å²) in [6.07, 6.45) is -9.66. The first-order valence-electron chi connectivity index (χ1n) is 8.53. The number of Topliss-reactive ketones (excluding diaryl/α,β-unsaturated/α-hetero) is 2. The van der Waals surface area contributed by atoms with E-state index in [1.165, 1.54) is 48.5 Å². The summed E-state index contributed by atoms with van der Waals surface area (Å²) in [5.74, 6) is -2.45. The third kappa shape index (κ3) is 2.78. The fourth-order valence-electron chi connectivity index (χ4n) is 3.51. The van der Waals surface area contributed by atoms with Gasteiger partial charge in [-0.1, -0.05) is 60.7 Å². The highest BCUT2D eigenvalue weighted by Gasteiger charge is 2.70. The van der Waals surface area contributed by atoms with E-state index in [9.17, 15) is 40.2 Å². The zero-order valence-electron chi connectivity index (χ0n) is 14.6. The summed E-state index contributed by atoms with van der Waals surface area (Å²) in [4.78, 5) is 25.7. The molecular weight excluding hydrogens is 368 g/mol. The predicted molar refractivity (Wildman–Crippen MR) is 95.5 cm³/mol. The maximum Gasteiger partial charge on any atom is 0.199 e. The summed E-state index contributed by atoms with van der Waals surface area (Å²) >= 11 is 0. The number of rotatable bonds is 4. The summed E-state index contributed by atoms with van der Waals surface area (Å²) in [6.45, 7) is 0. The topological polar surface area (TPSA) is 156 Å². The van der Waals surface area contributed by atoms with Crippen molar-refractivity contribution < 1.29 is 40.2 Å². The van der Waals surface area contributed by atoms with Crippen molar-refractivity contribution >= 4 is 11.6 Å². The third-order valence-electron chi connectivity index (χ3n) is 5.18. The first-order valence-corrected chi connectivity index (χ1v) is 8.53. The van der Waals surface area contributed by atoms with Crippen LogP contribution in [0.5, 0.6) is 0 Å². The average Bonchev–Trinajstić information content (AvgIpc) is 2.75. The molecule has 2 aromatic carbocycles. The first kappa shape index (κ1) is 20.3. The summed E-state index contributed by atoms with van der Waals surface area (Å²) in [5, 5.41) is 63.3. The van der Waals surface area contributed by atoms with Crippen LogP contribution in [0.3, 0.4) is 0 Å². The van der Waals surface area contributed by atoms with Gasteiger partial charge in [-0.25, -0.2) is 0 Å². The van der Waals surface area contributed by atoms with Crippen molar-refractivity contribution in [2.75, 3.05) is 0 Å². The standard InChI is InChI=1S/C20H20O8/c21-13-16(24)19(27,14(22)11-7-3-1-4-8-11)18(26)20(28,17(13)25)15(23)12-9-5-2-6-10-12/h1-10,13,16-18,21,24-28H/t13-,16-,17+,18-,19-,20-/m1/s1. The molecule has 0 amide bonds. The monoisotopic (exact) mass is 388 g/mol. The lowest BCUT2D eigenvalue weighted by atomic mass is 9.63. The number of carbonyl (C=O) groups excluding carboxylic acids is 2. The van der Waals surface area contributed by atoms with Gasteiger partial charge in [0.05, 0.1) is 0 Å². The summed E-state index contributed by atoms with van der Waals surface area (Å²) < 4.78 is 0. The van der Waals surface area contributed by atoms with Gasteiger partial charge >= 0.3 is 0 Å². The van der Waals surface area contributed by atoms with Crippen molar-refractivity contribution in [1.29, 1.82) is 0 Å². The van der Waals surface area contributed by atoms with Gasteiger partial charge in [0.2, 0.25) is 0 Å². The normalized spacial score (nSPS) is 35.4. The number of aliphatic hydroxyl groups excluding tert-OH is 4. The number of carbonyl (C=O) groups is 2. The Balaban J connectivity index is 2.12. The summed E-state index contributed by atoms with van der Waals surface area (Å²) in [7, 11) is 0. The quantitative estimate of drug-likeness (QED) is 0.352. The molecule has 0 saturated heterocycles. The number of benzene rings is 2. The number of hydrogen-bond acceptors (Lipinski definition) is 8. The molecule has 1 aliphatic carbocycles. The van der Waals surface area contributed by atoms with E-state index in [2.05, 4.69) is 0 Å².